The second-order valence-electron chi connectivity index (χ2n) is 2.01. The first-order valence-electron chi connectivity index (χ1n) is 3.00. The molecule has 0 bridgehead atoms. The highest BCUT2D eigenvalue weighted by atomic mass is 127. The Morgan fingerprint density at radius 2 is 2.25 bits per heavy atom. The van der Waals surface area contributed by atoms with E-state index in [1.165, 1.54) is 12.1 Å². The number of benzene rings is 1. The summed E-state index contributed by atoms with van der Waals surface area (Å²) in [6.07, 6.45) is 0. The molecule has 12 heavy (non-hydrogen) atoms. The monoisotopic (exact) mass is 274 g/mol. The Labute approximate surface area is 82.1 Å². The van der Waals surface area contributed by atoms with Crippen LogP contribution in [0.3, 0.4) is 0 Å². The molecule has 0 aliphatic carbocycles. The van der Waals surface area contributed by atoms with Crippen LogP contribution in [0.2, 0.25) is 0 Å². The molecule has 1 aromatic carbocycles. The lowest BCUT2D eigenvalue weighted by atomic mass is 10.2. The molecule has 0 heterocycles. The van der Waals surface area contributed by atoms with Crippen molar-refractivity contribution in [3.05, 3.63) is 37.4 Å². The second kappa shape index (κ2) is 3.49. The molecule has 4 nitrogen and oxygen atoms in total. The van der Waals surface area contributed by atoms with Gasteiger partial charge in [-0.1, -0.05) is 6.07 Å². The molecular formula is C7H3IN2O2. The van der Waals surface area contributed by atoms with Crippen molar-refractivity contribution in [3.63, 3.8) is 0 Å². The zero-order chi connectivity index (χ0) is 9.14. The summed E-state index contributed by atoms with van der Waals surface area (Å²) in [7, 11) is 0. The maximum Gasteiger partial charge on any atom is 0.283 e. The molecule has 1 rings (SSSR count). The van der Waals surface area contributed by atoms with Crippen LogP contribution in [-0.4, -0.2) is 4.92 Å². The Morgan fingerprint density at radius 3 is 2.75 bits per heavy atom. The van der Waals surface area contributed by atoms with Crippen molar-refractivity contribution < 1.29 is 4.92 Å². The molecule has 0 aliphatic rings. The van der Waals surface area contributed by atoms with Gasteiger partial charge in [-0.25, -0.2) is 0 Å². The molecule has 5 heteroatoms. The van der Waals surface area contributed by atoms with Crippen molar-refractivity contribution >= 4 is 28.3 Å². The number of halogens is 1. The minimum Gasteiger partial charge on any atom is -0.258 e. The fourth-order valence-electron chi connectivity index (χ4n) is 0.747. The molecule has 1 aromatic rings. The van der Waals surface area contributed by atoms with E-state index < -0.39 is 4.92 Å². The zero-order valence-electron chi connectivity index (χ0n) is 5.82. The predicted molar refractivity (Wildman–Crippen MR) is 50.5 cm³/mol. The molecular weight excluding hydrogens is 271 g/mol. The molecule has 0 aliphatic heterocycles. The van der Waals surface area contributed by atoms with Gasteiger partial charge in [-0.3, -0.25) is 10.1 Å². The zero-order valence-corrected chi connectivity index (χ0v) is 7.98. The maximum atomic E-state index is 10.4. The Morgan fingerprint density at radius 1 is 1.58 bits per heavy atom. The van der Waals surface area contributed by atoms with E-state index in [1.807, 2.05) is 6.07 Å². The molecule has 0 radical (unpaired) electrons. The molecule has 0 fully saturated rings. The van der Waals surface area contributed by atoms with Crippen molar-refractivity contribution in [1.29, 1.82) is 5.26 Å². The first kappa shape index (κ1) is 8.93. The van der Waals surface area contributed by atoms with Crippen LogP contribution in [0.1, 0.15) is 5.56 Å². The first-order valence-corrected chi connectivity index (χ1v) is 4.07. The van der Waals surface area contributed by atoms with Gasteiger partial charge in [0.1, 0.15) is 9.64 Å². The average molecular weight is 274 g/mol. The van der Waals surface area contributed by atoms with Crippen molar-refractivity contribution in [3.8, 4) is 6.07 Å². The Hall–Kier alpha value is -1.16. The predicted octanol–water partition coefficient (Wildman–Crippen LogP) is 2.07. The highest BCUT2D eigenvalue weighted by molar-refractivity contribution is 14.1. The molecule has 0 atom stereocenters. The quantitative estimate of drug-likeness (QED) is 0.447. The number of nitrogens with zero attached hydrogens (tertiary/aromatic N) is 2. The average Bonchev–Trinajstić information content (AvgIpc) is 2.04. The van der Waals surface area contributed by atoms with E-state index in [9.17, 15) is 10.1 Å². The van der Waals surface area contributed by atoms with Gasteiger partial charge in [0.25, 0.3) is 5.69 Å². The number of nitro benzene ring substituents is 1. The van der Waals surface area contributed by atoms with Gasteiger partial charge in [-0.2, -0.15) is 5.26 Å². The van der Waals surface area contributed by atoms with E-state index in [4.69, 9.17) is 5.26 Å². The molecule has 0 unspecified atom stereocenters. The van der Waals surface area contributed by atoms with Crippen LogP contribution in [-0.2, 0) is 0 Å². The second-order valence-corrected chi connectivity index (χ2v) is 3.09. The van der Waals surface area contributed by atoms with Crippen LogP contribution in [0.15, 0.2) is 18.2 Å². The molecule has 0 spiro atoms. The van der Waals surface area contributed by atoms with Gasteiger partial charge in [0, 0.05) is 6.07 Å². The van der Waals surface area contributed by atoms with Gasteiger partial charge in [0.15, 0.2) is 0 Å². The summed E-state index contributed by atoms with van der Waals surface area (Å²) >= 11 is 1.79. The minimum atomic E-state index is -0.497. The number of nitriles is 1. The molecule has 60 valence electrons. The van der Waals surface area contributed by atoms with Gasteiger partial charge in [0.2, 0.25) is 0 Å². The van der Waals surface area contributed by atoms with E-state index in [1.54, 1.807) is 28.7 Å². The number of rotatable bonds is 1. The fourth-order valence-corrected chi connectivity index (χ4v) is 1.42. The van der Waals surface area contributed by atoms with Crippen LogP contribution < -0.4 is 0 Å². The molecule has 0 amide bonds. The summed E-state index contributed by atoms with van der Waals surface area (Å²) < 4.78 is 0.391. The standard InChI is InChI=1S/C7H3IN2O2/c8-7-5(4-9)2-1-3-6(7)10(11)12/h1-3H. The lowest BCUT2D eigenvalue weighted by molar-refractivity contribution is -0.385. The van der Waals surface area contributed by atoms with E-state index in [0.717, 1.165) is 0 Å². The Balaban J connectivity index is 3.35. The van der Waals surface area contributed by atoms with E-state index in [-0.39, 0.29) is 5.69 Å². The number of nitro groups is 1. The van der Waals surface area contributed by atoms with Crippen molar-refractivity contribution in [2.45, 2.75) is 0 Å². The third kappa shape index (κ3) is 1.53. The van der Waals surface area contributed by atoms with Gasteiger partial charge in [-0.05, 0) is 28.7 Å². The Kier molecular flexibility index (Phi) is 2.60. The molecule has 0 saturated heterocycles. The summed E-state index contributed by atoms with van der Waals surface area (Å²) in [5.41, 5.74) is 0.319. The van der Waals surface area contributed by atoms with Crippen LogP contribution in [0, 0.1) is 25.0 Å². The van der Waals surface area contributed by atoms with Crippen molar-refractivity contribution in [2.24, 2.45) is 0 Å². The third-order valence-electron chi connectivity index (χ3n) is 1.30. The third-order valence-corrected chi connectivity index (χ3v) is 2.43. The van der Waals surface area contributed by atoms with Crippen molar-refractivity contribution in [2.75, 3.05) is 0 Å². The summed E-state index contributed by atoms with van der Waals surface area (Å²) in [5, 5.41) is 18.9. The van der Waals surface area contributed by atoms with Gasteiger partial charge < -0.3 is 0 Å². The van der Waals surface area contributed by atoms with E-state index >= 15 is 0 Å². The summed E-state index contributed by atoms with van der Waals surface area (Å²) in [4.78, 5) is 9.88. The van der Waals surface area contributed by atoms with Gasteiger partial charge >= 0.3 is 0 Å². The van der Waals surface area contributed by atoms with Gasteiger partial charge in [0.05, 0.1) is 10.5 Å². The maximum absolute atomic E-state index is 10.4. The molecule has 0 N–H and O–H groups in total. The minimum absolute atomic E-state index is 0.0188. The fraction of sp³-hybridized carbons (Fsp3) is 0. The van der Waals surface area contributed by atoms with Crippen LogP contribution >= 0.6 is 22.6 Å². The Bertz CT molecular complexity index is 370. The molecule has 0 saturated carbocycles. The van der Waals surface area contributed by atoms with Crippen LogP contribution in [0.4, 0.5) is 5.69 Å². The smallest absolute Gasteiger partial charge is 0.258 e. The normalized spacial score (nSPS) is 9.00. The topological polar surface area (TPSA) is 66.9 Å². The molecule has 0 aromatic heterocycles. The van der Waals surface area contributed by atoms with Crippen LogP contribution in [0.5, 0.6) is 0 Å². The first-order chi connectivity index (χ1) is 5.66. The van der Waals surface area contributed by atoms with Crippen molar-refractivity contribution in [1.82, 2.24) is 0 Å². The van der Waals surface area contributed by atoms with E-state index in [2.05, 4.69) is 0 Å². The van der Waals surface area contributed by atoms with E-state index in [0.29, 0.717) is 9.13 Å². The highest BCUT2D eigenvalue weighted by Crippen LogP contribution is 2.23. The summed E-state index contributed by atoms with van der Waals surface area (Å²) in [5.74, 6) is 0. The number of hydrogen-bond donors (Lipinski definition) is 0. The van der Waals surface area contributed by atoms with Gasteiger partial charge in [-0.15, -0.1) is 0 Å². The highest BCUT2D eigenvalue weighted by Gasteiger charge is 2.13. The summed E-state index contributed by atoms with van der Waals surface area (Å²) in [6, 6.07) is 6.31. The summed E-state index contributed by atoms with van der Waals surface area (Å²) in [6.45, 7) is 0. The lowest BCUT2D eigenvalue weighted by Crippen LogP contribution is -1.93. The number of hydrogen-bond acceptors (Lipinski definition) is 3. The lowest BCUT2D eigenvalue weighted by Gasteiger charge is -1.95. The SMILES string of the molecule is N#Cc1cccc([N+](=O)[O-])c1I. The largest absolute Gasteiger partial charge is 0.283 e. The van der Waals surface area contributed by atoms with Crippen LogP contribution in [0.25, 0.3) is 0 Å².